The monoisotopic (exact) mass is 435 g/mol. The molecule has 3 aromatic heterocycles. The third-order valence-electron chi connectivity index (χ3n) is 4.13. The van der Waals surface area contributed by atoms with E-state index in [1.165, 1.54) is 35.2 Å². The zero-order valence-corrected chi connectivity index (χ0v) is 17.5. The number of nitrogens with two attached hydrogens (primary N) is 1. The van der Waals surface area contributed by atoms with Crippen molar-refractivity contribution < 1.29 is 12.8 Å². The standard InChI is InChI=1S/C17H17N5O3S3/c1-3-22-13-7-6-11(28(18,23)24)9-12(13)19-17(22)27-10(2)15-20-21-16(25-15)14-5-4-8-26-14/h4-10H,3H2,1-2H3,(H2,18,23,24)/t10-/m0/s1. The van der Waals surface area contributed by atoms with Crippen molar-refractivity contribution in [2.45, 2.75) is 35.7 Å². The van der Waals surface area contributed by atoms with Gasteiger partial charge in [0.05, 0.1) is 26.1 Å². The van der Waals surface area contributed by atoms with Crippen LogP contribution in [0.4, 0.5) is 0 Å². The number of fused-ring (bicyclic) bond motifs is 1. The summed E-state index contributed by atoms with van der Waals surface area (Å²) in [6.45, 7) is 4.65. The lowest BCUT2D eigenvalue weighted by atomic mass is 10.3. The van der Waals surface area contributed by atoms with Crippen molar-refractivity contribution in [2.75, 3.05) is 0 Å². The van der Waals surface area contributed by atoms with Crippen molar-refractivity contribution >= 4 is 44.2 Å². The largest absolute Gasteiger partial charge is 0.419 e. The fourth-order valence-electron chi connectivity index (χ4n) is 2.77. The molecule has 146 valence electrons. The Morgan fingerprint density at radius 2 is 2.14 bits per heavy atom. The quantitative estimate of drug-likeness (QED) is 0.459. The molecule has 3 heterocycles. The molecular weight excluding hydrogens is 418 g/mol. The Hall–Kier alpha value is -2.21. The van der Waals surface area contributed by atoms with Crippen LogP contribution < -0.4 is 5.14 Å². The van der Waals surface area contributed by atoms with Crippen LogP contribution in [0.1, 0.15) is 25.0 Å². The summed E-state index contributed by atoms with van der Waals surface area (Å²) in [5, 5.41) is 16.1. The molecule has 1 aromatic carbocycles. The molecule has 4 rings (SSSR count). The number of imidazole rings is 1. The predicted molar refractivity (Wildman–Crippen MR) is 109 cm³/mol. The van der Waals surface area contributed by atoms with E-state index < -0.39 is 10.0 Å². The lowest BCUT2D eigenvalue weighted by Crippen LogP contribution is -2.11. The minimum absolute atomic E-state index is 0.0443. The number of rotatable bonds is 6. The molecule has 0 aliphatic carbocycles. The minimum atomic E-state index is -3.78. The summed E-state index contributed by atoms with van der Waals surface area (Å²) in [6, 6.07) is 8.57. The van der Waals surface area contributed by atoms with Gasteiger partial charge in [0.15, 0.2) is 5.16 Å². The van der Waals surface area contributed by atoms with E-state index in [1.807, 2.05) is 35.9 Å². The summed E-state index contributed by atoms with van der Waals surface area (Å²) in [5.74, 6) is 1.01. The lowest BCUT2D eigenvalue weighted by Gasteiger charge is -2.08. The normalized spacial score (nSPS) is 13.2. The molecule has 8 nitrogen and oxygen atoms in total. The van der Waals surface area contributed by atoms with Crippen LogP contribution in [0.2, 0.25) is 0 Å². The third-order valence-corrected chi connectivity index (χ3v) is 6.98. The summed E-state index contributed by atoms with van der Waals surface area (Å²) < 4.78 is 31.0. The van der Waals surface area contributed by atoms with Crippen molar-refractivity contribution in [1.29, 1.82) is 0 Å². The van der Waals surface area contributed by atoms with Gasteiger partial charge in [-0.05, 0) is 43.5 Å². The Labute approximate surface area is 169 Å². The van der Waals surface area contributed by atoms with E-state index in [1.54, 1.807) is 6.07 Å². The number of benzene rings is 1. The predicted octanol–water partition coefficient (Wildman–Crippen LogP) is 3.67. The van der Waals surface area contributed by atoms with Crippen LogP contribution in [-0.4, -0.2) is 28.2 Å². The maximum Gasteiger partial charge on any atom is 0.257 e. The molecule has 0 fully saturated rings. The second kappa shape index (κ2) is 7.32. The smallest absolute Gasteiger partial charge is 0.257 e. The van der Waals surface area contributed by atoms with Crippen molar-refractivity contribution in [3.05, 3.63) is 41.6 Å². The van der Waals surface area contributed by atoms with Crippen LogP contribution in [0.15, 0.2) is 50.2 Å². The molecule has 11 heteroatoms. The fourth-order valence-corrected chi connectivity index (χ4v) is 4.96. The summed E-state index contributed by atoms with van der Waals surface area (Å²) in [4.78, 5) is 5.57. The molecule has 0 saturated heterocycles. The SMILES string of the molecule is CCn1c(S[C@@H](C)c2nnc(-c3cccs3)o2)nc2cc(S(N)(=O)=O)ccc21. The van der Waals surface area contributed by atoms with Crippen LogP contribution in [0.25, 0.3) is 21.8 Å². The van der Waals surface area contributed by atoms with Gasteiger partial charge in [-0.25, -0.2) is 18.5 Å². The number of sulfonamides is 1. The Kier molecular flexibility index (Phi) is 5.00. The van der Waals surface area contributed by atoms with Crippen LogP contribution in [0, 0.1) is 0 Å². The van der Waals surface area contributed by atoms with Crippen molar-refractivity contribution in [2.24, 2.45) is 5.14 Å². The zero-order chi connectivity index (χ0) is 19.9. The van der Waals surface area contributed by atoms with Crippen LogP contribution in [0.5, 0.6) is 0 Å². The van der Waals surface area contributed by atoms with Crippen molar-refractivity contribution in [3.63, 3.8) is 0 Å². The van der Waals surface area contributed by atoms with Gasteiger partial charge in [-0.1, -0.05) is 17.8 Å². The fraction of sp³-hybridized carbons (Fsp3) is 0.235. The van der Waals surface area contributed by atoms with Gasteiger partial charge in [-0.3, -0.25) is 0 Å². The van der Waals surface area contributed by atoms with E-state index in [4.69, 9.17) is 9.56 Å². The maximum absolute atomic E-state index is 11.6. The van der Waals surface area contributed by atoms with Crippen LogP contribution >= 0.6 is 23.1 Å². The van der Waals surface area contributed by atoms with Crippen molar-refractivity contribution in [3.8, 4) is 10.8 Å². The van der Waals surface area contributed by atoms with E-state index in [2.05, 4.69) is 15.2 Å². The Balaban J connectivity index is 1.65. The summed E-state index contributed by atoms with van der Waals surface area (Å²) in [7, 11) is -3.78. The molecule has 1 atom stereocenters. The first-order valence-corrected chi connectivity index (χ1v) is 11.7. The van der Waals surface area contributed by atoms with Gasteiger partial charge in [0, 0.05) is 6.54 Å². The number of hydrogen-bond donors (Lipinski definition) is 1. The van der Waals surface area contributed by atoms with Gasteiger partial charge in [0.2, 0.25) is 15.9 Å². The van der Waals surface area contributed by atoms with E-state index in [9.17, 15) is 8.42 Å². The average Bonchev–Trinajstić information content (AvgIpc) is 3.38. The van der Waals surface area contributed by atoms with Crippen LogP contribution in [0.3, 0.4) is 0 Å². The molecule has 0 radical (unpaired) electrons. The Morgan fingerprint density at radius 1 is 1.32 bits per heavy atom. The van der Waals surface area contributed by atoms with Gasteiger partial charge in [0.1, 0.15) is 0 Å². The number of thiophene rings is 1. The molecule has 0 aliphatic heterocycles. The van der Waals surface area contributed by atoms with Gasteiger partial charge >= 0.3 is 0 Å². The summed E-state index contributed by atoms with van der Waals surface area (Å²) >= 11 is 3.01. The number of nitrogens with zero attached hydrogens (tertiary/aromatic N) is 4. The highest BCUT2D eigenvalue weighted by Crippen LogP contribution is 2.37. The first-order valence-electron chi connectivity index (χ1n) is 8.44. The Bertz CT molecular complexity index is 1230. The van der Waals surface area contributed by atoms with Gasteiger partial charge in [-0.2, -0.15) is 0 Å². The minimum Gasteiger partial charge on any atom is -0.419 e. The second-order valence-electron chi connectivity index (χ2n) is 6.02. The second-order valence-corrected chi connectivity index (χ2v) is 9.83. The summed E-state index contributed by atoms with van der Waals surface area (Å²) in [5.41, 5.74) is 1.42. The zero-order valence-electron chi connectivity index (χ0n) is 15.1. The molecule has 0 amide bonds. The van der Waals surface area contributed by atoms with E-state index in [0.717, 1.165) is 15.6 Å². The molecule has 0 unspecified atom stereocenters. The third kappa shape index (κ3) is 3.58. The molecule has 2 N–H and O–H groups in total. The highest BCUT2D eigenvalue weighted by Gasteiger charge is 2.21. The van der Waals surface area contributed by atoms with Gasteiger partial charge < -0.3 is 8.98 Å². The molecule has 0 saturated carbocycles. The number of hydrogen-bond acceptors (Lipinski definition) is 8. The lowest BCUT2D eigenvalue weighted by molar-refractivity contribution is 0.509. The highest BCUT2D eigenvalue weighted by molar-refractivity contribution is 7.99. The Morgan fingerprint density at radius 3 is 2.82 bits per heavy atom. The highest BCUT2D eigenvalue weighted by atomic mass is 32.2. The van der Waals surface area contributed by atoms with E-state index >= 15 is 0 Å². The van der Waals surface area contributed by atoms with E-state index in [0.29, 0.717) is 23.8 Å². The topological polar surface area (TPSA) is 117 Å². The molecule has 0 spiro atoms. The average molecular weight is 436 g/mol. The summed E-state index contributed by atoms with van der Waals surface area (Å²) in [6.07, 6.45) is 0. The number of aryl methyl sites for hydroxylation is 1. The van der Waals surface area contributed by atoms with E-state index in [-0.39, 0.29) is 10.1 Å². The number of aromatic nitrogens is 4. The molecule has 0 bridgehead atoms. The first kappa shape index (κ1) is 19.1. The molecular formula is C17H17N5O3S3. The molecule has 28 heavy (non-hydrogen) atoms. The number of thioether (sulfide) groups is 1. The number of primary sulfonamides is 1. The van der Waals surface area contributed by atoms with Gasteiger partial charge in [0.25, 0.3) is 5.89 Å². The molecule has 4 aromatic rings. The molecule has 0 aliphatic rings. The van der Waals surface area contributed by atoms with Crippen LogP contribution in [-0.2, 0) is 16.6 Å². The first-order chi connectivity index (χ1) is 13.4. The maximum atomic E-state index is 11.6. The van der Waals surface area contributed by atoms with Gasteiger partial charge in [-0.15, -0.1) is 21.5 Å². The van der Waals surface area contributed by atoms with Crippen molar-refractivity contribution in [1.82, 2.24) is 19.7 Å².